The molecule has 0 heterocycles. The second-order valence-electron chi connectivity index (χ2n) is 4.32. The highest BCUT2D eigenvalue weighted by Gasteiger charge is 2.27. The van der Waals surface area contributed by atoms with Crippen molar-refractivity contribution in [2.45, 2.75) is 32.1 Å². The first-order valence-corrected chi connectivity index (χ1v) is 4.80. The maximum atomic E-state index is 6.10. The summed E-state index contributed by atoms with van der Waals surface area (Å²) in [6.07, 6.45) is 4.32. The van der Waals surface area contributed by atoms with Crippen LogP contribution in [0.2, 0.25) is 0 Å². The van der Waals surface area contributed by atoms with E-state index >= 15 is 0 Å². The fraction of sp³-hybridized carbons (Fsp3) is 0.800. The number of hydrogen-bond acceptors (Lipinski definition) is 1. The topological polar surface area (TPSA) is 9.23 Å². The third-order valence-electron chi connectivity index (χ3n) is 2.20. The van der Waals surface area contributed by atoms with Gasteiger partial charge in [0.25, 0.3) is 0 Å². The number of allylic oxidation sites excluding steroid dienone is 1. The van der Waals surface area contributed by atoms with Gasteiger partial charge in [0.1, 0.15) is 0 Å². The molecule has 70 valence electrons. The van der Waals surface area contributed by atoms with Gasteiger partial charge in [-0.1, -0.05) is 19.9 Å². The van der Waals surface area contributed by atoms with E-state index in [4.69, 9.17) is 16.3 Å². The predicted molar refractivity (Wildman–Crippen MR) is 52.6 cm³/mol. The summed E-state index contributed by atoms with van der Waals surface area (Å²) in [5.74, 6) is 0. The van der Waals surface area contributed by atoms with E-state index in [1.165, 1.54) is 5.57 Å². The molecule has 0 bridgehead atoms. The molecule has 2 heteroatoms. The number of halogens is 1. The van der Waals surface area contributed by atoms with E-state index in [2.05, 4.69) is 19.9 Å². The molecular formula is C10H17ClO. The number of hydrogen-bond donors (Lipinski definition) is 0. The van der Waals surface area contributed by atoms with Crippen LogP contribution in [0.1, 0.15) is 26.7 Å². The summed E-state index contributed by atoms with van der Waals surface area (Å²) in [4.78, 5) is 0. The zero-order valence-electron chi connectivity index (χ0n) is 8.06. The quantitative estimate of drug-likeness (QED) is 0.478. The Labute approximate surface area is 79.7 Å². The largest absolute Gasteiger partial charge is 0.380 e. The lowest BCUT2D eigenvalue weighted by atomic mass is 9.77. The van der Waals surface area contributed by atoms with Gasteiger partial charge in [0, 0.05) is 7.11 Å². The minimum Gasteiger partial charge on any atom is -0.380 e. The van der Waals surface area contributed by atoms with E-state index in [-0.39, 0.29) is 5.38 Å². The molecule has 0 fully saturated rings. The zero-order valence-corrected chi connectivity index (χ0v) is 8.82. The first-order valence-electron chi connectivity index (χ1n) is 4.36. The summed E-state index contributed by atoms with van der Waals surface area (Å²) in [6, 6.07) is 0. The molecule has 0 aliphatic heterocycles. The highest BCUT2D eigenvalue weighted by atomic mass is 35.5. The van der Waals surface area contributed by atoms with Crippen LogP contribution in [0, 0.1) is 5.41 Å². The van der Waals surface area contributed by atoms with Crippen molar-refractivity contribution in [3.63, 3.8) is 0 Å². The summed E-state index contributed by atoms with van der Waals surface area (Å²) in [7, 11) is 1.73. The van der Waals surface area contributed by atoms with Crippen LogP contribution in [0.5, 0.6) is 0 Å². The van der Waals surface area contributed by atoms with Crippen molar-refractivity contribution >= 4 is 11.6 Å². The molecule has 12 heavy (non-hydrogen) atoms. The Bertz CT molecular complexity index is 184. The van der Waals surface area contributed by atoms with Gasteiger partial charge in [-0.15, -0.1) is 11.6 Å². The SMILES string of the molecule is COCC1=CC(Cl)CC(C)(C)C1. The molecule has 0 radical (unpaired) electrons. The van der Waals surface area contributed by atoms with Crippen LogP contribution in [0.3, 0.4) is 0 Å². The van der Waals surface area contributed by atoms with E-state index < -0.39 is 0 Å². The van der Waals surface area contributed by atoms with Gasteiger partial charge < -0.3 is 4.74 Å². The fourth-order valence-electron chi connectivity index (χ4n) is 1.87. The molecule has 0 saturated heterocycles. The number of methoxy groups -OCH3 is 1. The molecule has 1 rings (SSSR count). The van der Waals surface area contributed by atoms with Gasteiger partial charge in [-0.2, -0.15) is 0 Å². The number of rotatable bonds is 2. The van der Waals surface area contributed by atoms with Crippen molar-refractivity contribution in [1.29, 1.82) is 0 Å². The van der Waals surface area contributed by atoms with E-state index in [1.54, 1.807) is 7.11 Å². The monoisotopic (exact) mass is 188 g/mol. The summed E-state index contributed by atoms with van der Waals surface area (Å²) < 4.78 is 5.10. The molecule has 1 unspecified atom stereocenters. The molecule has 1 aliphatic rings. The van der Waals surface area contributed by atoms with Crippen LogP contribution in [0.15, 0.2) is 11.6 Å². The minimum atomic E-state index is 0.193. The minimum absolute atomic E-state index is 0.193. The fourth-order valence-corrected chi connectivity index (χ4v) is 2.47. The Morgan fingerprint density at radius 2 is 2.33 bits per heavy atom. The summed E-state index contributed by atoms with van der Waals surface area (Å²) >= 11 is 6.10. The van der Waals surface area contributed by atoms with Gasteiger partial charge in [0.05, 0.1) is 12.0 Å². The van der Waals surface area contributed by atoms with Crippen LogP contribution < -0.4 is 0 Å². The Kier molecular flexibility index (Phi) is 3.19. The second-order valence-corrected chi connectivity index (χ2v) is 4.88. The average Bonchev–Trinajstić information content (AvgIpc) is 1.82. The first-order chi connectivity index (χ1) is 5.53. The summed E-state index contributed by atoms with van der Waals surface area (Å²) in [5, 5.41) is 0.193. The maximum Gasteiger partial charge on any atom is 0.0673 e. The Morgan fingerprint density at radius 3 is 2.83 bits per heavy atom. The van der Waals surface area contributed by atoms with Crippen LogP contribution in [-0.4, -0.2) is 19.1 Å². The van der Waals surface area contributed by atoms with Crippen molar-refractivity contribution in [2.24, 2.45) is 5.41 Å². The van der Waals surface area contributed by atoms with E-state index in [1.807, 2.05) is 0 Å². The Hall–Kier alpha value is -0.0100. The van der Waals surface area contributed by atoms with Crippen molar-refractivity contribution in [2.75, 3.05) is 13.7 Å². The van der Waals surface area contributed by atoms with Gasteiger partial charge in [-0.3, -0.25) is 0 Å². The van der Waals surface area contributed by atoms with Crippen molar-refractivity contribution in [3.8, 4) is 0 Å². The molecular weight excluding hydrogens is 172 g/mol. The number of ether oxygens (including phenoxy) is 1. The molecule has 0 spiro atoms. The van der Waals surface area contributed by atoms with E-state index in [9.17, 15) is 0 Å². The van der Waals surface area contributed by atoms with E-state index in [0.717, 1.165) is 19.4 Å². The van der Waals surface area contributed by atoms with Crippen LogP contribution >= 0.6 is 11.6 Å². The zero-order chi connectivity index (χ0) is 9.19. The van der Waals surface area contributed by atoms with Gasteiger partial charge in [0.2, 0.25) is 0 Å². The maximum absolute atomic E-state index is 6.10. The molecule has 0 aromatic carbocycles. The molecule has 0 saturated carbocycles. The van der Waals surface area contributed by atoms with Gasteiger partial charge in [0.15, 0.2) is 0 Å². The molecule has 0 N–H and O–H groups in total. The van der Waals surface area contributed by atoms with Crippen molar-refractivity contribution < 1.29 is 4.74 Å². The van der Waals surface area contributed by atoms with Crippen molar-refractivity contribution in [1.82, 2.24) is 0 Å². The highest BCUT2D eigenvalue weighted by Crippen LogP contribution is 2.37. The second kappa shape index (κ2) is 3.80. The standard InChI is InChI=1S/C10H17ClO/c1-10(2)5-8(7-12-3)4-9(11)6-10/h4,9H,5-7H2,1-3H3. The third kappa shape index (κ3) is 2.80. The molecule has 0 amide bonds. The average molecular weight is 189 g/mol. The Morgan fingerprint density at radius 1 is 1.67 bits per heavy atom. The van der Waals surface area contributed by atoms with Crippen LogP contribution in [0.25, 0.3) is 0 Å². The third-order valence-corrected chi connectivity index (χ3v) is 2.48. The molecule has 1 aliphatic carbocycles. The lowest BCUT2D eigenvalue weighted by molar-refractivity contribution is 0.206. The highest BCUT2D eigenvalue weighted by molar-refractivity contribution is 6.21. The summed E-state index contributed by atoms with van der Waals surface area (Å²) in [5.41, 5.74) is 1.68. The molecule has 1 atom stereocenters. The molecule has 0 aromatic heterocycles. The lowest BCUT2D eigenvalue weighted by Crippen LogP contribution is -2.23. The van der Waals surface area contributed by atoms with Crippen LogP contribution in [0.4, 0.5) is 0 Å². The molecule has 1 nitrogen and oxygen atoms in total. The summed E-state index contributed by atoms with van der Waals surface area (Å²) in [6.45, 7) is 5.24. The van der Waals surface area contributed by atoms with E-state index in [0.29, 0.717) is 5.41 Å². The predicted octanol–water partition coefficient (Wildman–Crippen LogP) is 2.99. The van der Waals surface area contributed by atoms with Crippen LogP contribution in [-0.2, 0) is 4.74 Å². The smallest absolute Gasteiger partial charge is 0.0673 e. The normalized spacial score (nSPS) is 28.3. The van der Waals surface area contributed by atoms with Gasteiger partial charge in [-0.05, 0) is 23.8 Å². The van der Waals surface area contributed by atoms with Crippen molar-refractivity contribution in [3.05, 3.63) is 11.6 Å². The number of alkyl halides is 1. The van der Waals surface area contributed by atoms with Gasteiger partial charge >= 0.3 is 0 Å². The Balaban J connectivity index is 2.63. The lowest BCUT2D eigenvalue weighted by Gasteiger charge is -2.32. The molecule has 0 aromatic rings. The first kappa shape index (κ1) is 10.1. The van der Waals surface area contributed by atoms with Gasteiger partial charge in [-0.25, -0.2) is 0 Å².